The third kappa shape index (κ3) is 3.08. The second-order valence-electron chi connectivity index (χ2n) is 5.55. The Hall–Kier alpha value is -1.88. The first-order valence-corrected chi connectivity index (χ1v) is 7.54. The van der Waals surface area contributed by atoms with Crippen molar-refractivity contribution in [2.75, 3.05) is 6.61 Å². The zero-order valence-electron chi connectivity index (χ0n) is 12.0. The van der Waals surface area contributed by atoms with Gasteiger partial charge in [-0.05, 0) is 25.0 Å². The maximum atomic E-state index is 11.2. The number of carbonyl (C=O) groups is 1. The number of rotatable bonds is 5. The van der Waals surface area contributed by atoms with E-state index in [9.17, 15) is 4.79 Å². The van der Waals surface area contributed by atoms with Crippen molar-refractivity contribution in [2.24, 2.45) is 0 Å². The number of hydrogen-bond acceptors (Lipinski definition) is 3. The molecule has 2 aromatic rings. The van der Waals surface area contributed by atoms with Crippen LogP contribution in [0.2, 0.25) is 0 Å². The lowest BCUT2D eigenvalue weighted by Crippen LogP contribution is -2.19. The predicted octanol–water partition coefficient (Wildman–Crippen LogP) is 3.08. The maximum absolute atomic E-state index is 11.2. The van der Waals surface area contributed by atoms with Gasteiger partial charge in [-0.1, -0.05) is 25.3 Å². The summed E-state index contributed by atoms with van der Waals surface area (Å²) >= 11 is 0. The van der Waals surface area contributed by atoms with E-state index in [0.29, 0.717) is 24.8 Å². The van der Waals surface area contributed by atoms with Crippen molar-refractivity contribution in [2.45, 2.75) is 44.8 Å². The normalized spacial score (nSPS) is 16.4. The predicted molar refractivity (Wildman–Crippen MR) is 79.5 cm³/mol. The number of fused-ring (bicyclic) bond motifs is 1. The van der Waals surface area contributed by atoms with Crippen LogP contribution in [0.25, 0.3) is 11.0 Å². The molecule has 0 atom stereocenters. The molecule has 1 heterocycles. The Kier molecular flexibility index (Phi) is 4.20. The summed E-state index contributed by atoms with van der Waals surface area (Å²) in [5.41, 5.74) is 1.64. The zero-order valence-corrected chi connectivity index (χ0v) is 12.0. The molecular weight excluding hydrogens is 268 g/mol. The van der Waals surface area contributed by atoms with Crippen LogP contribution in [-0.4, -0.2) is 33.3 Å². The molecule has 1 N–H and O–H groups in total. The van der Waals surface area contributed by atoms with E-state index in [2.05, 4.69) is 4.98 Å². The summed E-state index contributed by atoms with van der Waals surface area (Å²) < 4.78 is 7.88. The molecule has 112 valence electrons. The van der Waals surface area contributed by atoms with E-state index < -0.39 is 5.97 Å². The van der Waals surface area contributed by atoms with Crippen LogP contribution in [0.5, 0.6) is 0 Å². The number of aromatic carboxylic acids is 1. The van der Waals surface area contributed by atoms with E-state index in [1.165, 1.54) is 19.3 Å². The number of benzene rings is 1. The van der Waals surface area contributed by atoms with Gasteiger partial charge in [0, 0.05) is 6.54 Å². The first-order chi connectivity index (χ1) is 10.3. The minimum atomic E-state index is -0.940. The topological polar surface area (TPSA) is 64.3 Å². The van der Waals surface area contributed by atoms with E-state index >= 15 is 0 Å². The maximum Gasteiger partial charge on any atom is 0.337 e. The quantitative estimate of drug-likeness (QED) is 0.918. The fourth-order valence-corrected chi connectivity index (χ4v) is 2.99. The SMILES string of the molecule is O=C(O)c1cccc2c1ncn2CCOC1CCCCC1. The summed E-state index contributed by atoms with van der Waals surface area (Å²) in [7, 11) is 0. The van der Waals surface area contributed by atoms with Crippen molar-refractivity contribution >= 4 is 17.0 Å². The second-order valence-corrected chi connectivity index (χ2v) is 5.55. The molecular formula is C16H20N2O3. The van der Waals surface area contributed by atoms with Gasteiger partial charge < -0.3 is 14.4 Å². The lowest BCUT2D eigenvalue weighted by atomic mass is 9.98. The van der Waals surface area contributed by atoms with Crippen LogP contribution in [-0.2, 0) is 11.3 Å². The summed E-state index contributed by atoms with van der Waals surface area (Å²) in [6.45, 7) is 1.35. The van der Waals surface area contributed by atoms with Gasteiger partial charge in [0.15, 0.2) is 0 Å². The Morgan fingerprint density at radius 2 is 2.14 bits per heavy atom. The molecule has 1 aliphatic rings. The van der Waals surface area contributed by atoms with Crippen LogP contribution < -0.4 is 0 Å². The number of para-hydroxylation sites is 1. The van der Waals surface area contributed by atoms with Gasteiger partial charge in [0.05, 0.1) is 30.1 Å². The Bertz CT molecular complexity index is 629. The zero-order chi connectivity index (χ0) is 14.7. The molecule has 0 unspecified atom stereocenters. The van der Waals surface area contributed by atoms with Gasteiger partial charge in [-0.2, -0.15) is 0 Å². The van der Waals surface area contributed by atoms with Gasteiger partial charge in [-0.25, -0.2) is 9.78 Å². The number of aromatic nitrogens is 2. The lowest BCUT2D eigenvalue weighted by molar-refractivity contribution is 0.0244. The average Bonchev–Trinajstić information content (AvgIpc) is 2.91. The fraction of sp³-hybridized carbons (Fsp3) is 0.500. The van der Waals surface area contributed by atoms with Gasteiger partial charge in [0.1, 0.15) is 5.52 Å². The summed E-state index contributed by atoms with van der Waals surface area (Å²) in [6.07, 6.45) is 8.26. The van der Waals surface area contributed by atoms with Crippen LogP contribution in [0.15, 0.2) is 24.5 Å². The Morgan fingerprint density at radius 1 is 1.33 bits per heavy atom. The largest absolute Gasteiger partial charge is 0.478 e. The van der Waals surface area contributed by atoms with Gasteiger partial charge in [-0.15, -0.1) is 0 Å². The number of ether oxygens (including phenoxy) is 1. The van der Waals surface area contributed by atoms with Gasteiger partial charge in [0.25, 0.3) is 0 Å². The molecule has 0 radical (unpaired) electrons. The summed E-state index contributed by atoms with van der Waals surface area (Å²) in [4.78, 5) is 15.4. The first-order valence-electron chi connectivity index (χ1n) is 7.54. The summed E-state index contributed by atoms with van der Waals surface area (Å²) in [5.74, 6) is -0.940. The summed E-state index contributed by atoms with van der Waals surface area (Å²) in [5, 5.41) is 9.16. The number of hydrogen-bond donors (Lipinski definition) is 1. The number of nitrogens with zero attached hydrogens (tertiary/aromatic N) is 2. The molecule has 1 saturated carbocycles. The molecule has 3 rings (SSSR count). The highest BCUT2D eigenvalue weighted by Gasteiger charge is 2.15. The molecule has 0 amide bonds. The average molecular weight is 288 g/mol. The van der Waals surface area contributed by atoms with Crippen molar-refractivity contribution in [3.8, 4) is 0 Å². The highest BCUT2D eigenvalue weighted by Crippen LogP contribution is 2.21. The fourth-order valence-electron chi connectivity index (χ4n) is 2.99. The molecule has 0 aliphatic heterocycles. The molecule has 1 aliphatic carbocycles. The van der Waals surface area contributed by atoms with E-state index in [4.69, 9.17) is 9.84 Å². The monoisotopic (exact) mass is 288 g/mol. The highest BCUT2D eigenvalue weighted by molar-refractivity contribution is 6.00. The molecule has 0 spiro atoms. The smallest absolute Gasteiger partial charge is 0.337 e. The van der Waals surface area contributed by atoms with Crippen molar-refractivity contribution in [3.63, 3.8) is 0 Å². The molecule has 5 heteroatoms. The molecule has 21 heavy (non-hydrogen) atoms. The van der Waals surface area contributed by atoms with Crippen molar-refractivity contribution in [1.29, 1.82) is 0 Å². The number of carboxylic acids is 1. The van der Waals surface area contributed by atoms with Crippen LogP contribution in [0.1, 0.15) is 42.5 Å². The van der Waals surface area contributed by atoms with Gasteiger partial charge >= 0.3 is 5.97 Å². The minimum Gasteiger partial charge on any atom is -0.478 e. The van der Waals surface area contributed by atoms with Crippen LogP contribution in [0.4, 0.5) is 0 Å². The summed E-state index contributed by atoms with van der Waals surface area (Å²) in [6, 6.07) is 5.24. The van der Waals surface area contributed by atoms with E-state index in [1.54, 1.807) is 18.5 Å². The first kappa shape index (κ1) is 14.1. The molecule has 0 bridgehead atoms. The van der Waals surface area contributed by atoms with Crippen LogP contribution >= 0.6 is 0 Å². The Labute approximate surface area is 123 Å². The lowest BCUT2D eigenvalue weighted by Gasteiger charge is -2.22. The third-order valence-electron chi connectivity index (χ3n) is 4.12. The minimum absolute atomic E-state index is 0.249. The van der Waals surface area contributed by atoms with E-state index in [1.807, 2.05) is 10.6 Å². The molecule has 0 saturated heterocycles. The second kappa shape index (κ2) is 6.26. The standard InChI is InChI=1S/C16H20N2O3/c19-16(20)13-7-4-8-14-15(13)17-11-18(14)9-10-21-12-5-2-1-3-6-12/h4,7-8,11-12H,1-3,5-6,9-10H2,(H,19,20). The van der Waals surface area contributed by atoms with E-state index in [-0.39, 0.29) is 5.56 Å². The molecule has 5 nitrogen and oxygen atoms in total. The molecule has 1 fully saturated rings. The number of carboxylic acid groups (broad SMARTS) is 1. The van der Waals surface area contributed by atoms with Crippen molar-refractivity contribution < 1.29 is 14.6 Å². The molecule has 1 aromatic heterocycles. The van der Waals surface area contributed by atoms with Gasteiger partial charge in [0.2, 0.25) is 0 Å². The number of imidazole rings is 1. The van der Waals surface area contributed by atoms with Crippen molar-refractivity contribution in [3.05, 3.63) is 30.1 Å². The highest BCUT2D eigenvalue weighted by atomic mass is 16.5. The van der Waals surface area contributed by atoms with Crippen LogP contribution in [0, 0.1) is 0 Å². The van der Waals surface area contributed by atoms with Gasteiger partial charge in [-0.3, -0.25) is 0 Å². The Balaban J connectivity index is 1.67. The Morgan fingerprint density at radius 3 is 2.90 bits per heavy atom. The van der Waals surface area contributed by atoms with Crippen LogP contribution in [0.3, 0.4) is 0 Å². The third-order valence-corrected chi connectivity index (χ3v) is 4.12. The van der Waals surface area contributed by atoms with E-state index in [0.717, 1.165) is 18.4 Å². The molecule has 1 aromatic carbocycles. The van der Waals surface area contributed by atoms with Crippen molar-refractivity contribution in [1.82, 2.24) is 9.55 Å².